The van der Waals surface area contributed by atoms with Crippen molar-refractivity contribution in [1.82, 2.24) is 55.1 Å². The normalized spacial score (nSPS) is 14.5. The number of fused-ring (bicyclic) bond motifs is 25. The summed E-state index contributed by atoms with van der Waals surface area (Å²) < 4.78 is 0. The fourth-order valence-electron chi connectivity index (χ4n) is 19.6. The van der Waals surface area contributed by atoms with Crippen LogP contribution >= 0.6 is 0 Å². The van der Waals surface area contributed by atoms with E-state index in [0.717, 1.165) is 153 Å². The van der Waals surface area contributed by atoms with Crippen molar-refractivity contribution in [2.75, 3.05) is 0 Å². The summed E-state index contributed by atoms with van der Waals surface area (Å²) in [6.07, 6.45) is 27.8. The van der Waals surface area contributed by atoms with Crippen LogP contribution in [0.2, 0.25) is 0 Å². The van der Waals surface area contributed by atoms with E-state index in [1.165, 1.54) is 171 Å². The van der Waals surface area contributed by atoms with Crippen LogP contribution in [-0.2, 0) is 64.2 Å². The van der Waals surface area contributed by atoms with Crippen molar-refractivity contribution in [2.24, 2.45) is 5.92 Å². The van der Waals surface area contributed by atoms with Crippen molar-refractivity contribution in [3.63, 3.8) is 0 Å². The second-order valence-electron chi connectivity index (χ2n) is 32.4. The lowest BCUT2D eigenvalue weighted by molar-refractivity contribution is 0.475. The van der Waals surface area contributed by atoms with Gasteiger partial charge < -0.3 is 45.5 Å². The maximum Gasteiger partial charge on any atom is 0.115 e. The molecule has 578 valence electrons. The molecule has 10 aromatic carbocycles. The second-order valence-corrected chi connectivity index (χ2v) is 32.4. The highest BCUT2D eigenvalue weighted by Crippen LogP contribution is 2.46. The van der Waals surface area contributed by atoms with E-state index in [1.54, 1.807) is 60.7 Å². The van der Waals surface area contributed by atoms with Gasteiger partial charge in [-0.15, -0.1) is 0 Å². The predicted molar refractivity (Wildman–Crippen MR) is 475 cm³/mol. The van der Waals surface area contributed by atoms with Crippen LogP contribution in [0, 0.1) is 5.92 Å². The zero-order valence-corrected chi connectivity index (χ0v) is 65.3. The van der Waals surface area contributed by atoms with Gasteiger partial charge in [-0.25, -0.2) is 4.98 Å². The molecular formula is C102H85N11O5. The molecule has 5 aliphatic carbocycles. The summed E-state index contributed by atoms with van der Waals surface area (Å²) in [4.78, 5) is 37.4. The third-order valence-electron chi connectivity index (χ3n) is 25.3. The molecule has 10 N–H and O–H groups in total. The highest BCUT2D eigenvalue weighted by atomic mass is 16.3. The first kappa shape index (κ1) is 71.6. The third kappa shape index (κ3) is 12.8. The summed E-state index contributed by atoms with van der Waals surface area (Å²) in [6.45, 7) is 2.33. The fourth-order valence-corrected chi connectivity index (χ4v) is 19.6. The molecule has 10 heterocycles. The number of nitrogens with zero attached hydrogens (tertiary/aromatic N) is 6. The van der Waals surface area contributed by atoms with Gasteiger partial charge in [0.05, 0.1) is 45.0 Å². The van der Waals surface area contributed by atoms with Crippen molar-refractivity contribution < 1.29 is 25.5 Å². The lowest BCUT2D eigenvalue weighted by Crippen LogP contribution is -2.14. The zero-order chi connectivity index (χ0) is 79.2. The number of hydrogen-bond donors (Lipinski definition) is 10. The molecule has 0 amide bonds. The standard InChI is InChI=1S/C22H20N2O.C21H18N2O.C20H17N3O.C20H16N2O.C19H14N2O/c1-13-2-7-16-18(12-13)22(14-3-5-15(25)6-4-14)24-20-9-8-19-17(21(16)20)10-11-23-19;24-14-7-5-13(6-8-14)21-16-4-2-1-3-15(16)20-17-11-12-22-18(17)9-10-19(20)23-21;24-13-7-5-12(6-8-13)20-15-4-2-1-3-14(15)19-16-11-21-23-17(16)9-10-18(19)22-20;23-13-6-4-12(5-7-13)20-15-3-1-2-14(15)19-16-10-11-21-17(16)8-9-18(19)22-20;22-12-3-1-11(2-4-12)19-14-6-5-13(14)18-15-9-10-20-16(15)7-8-17(18)21-19/h3-6,8-11,13,24-25H,2,7,12H2,1H3;5-12,23-24H,1-4H2;5-11,24H,1-4H2,(H,21,23);4-11,22-23H,1-3H2;1-4,7-10,21-22H,5-6H2. The summed E-state index contributed by atoms with van der Waals surface area (Å²) in [5.74, 6) is 2.18. The van der Waals surface area contributed by atoms with Gasteiger partial charge in [-0.2, -0.15) is 5.10 Å². The lowest BCUT2D eigenvalue weighted by atomic mass is 9.81. The Balaban J connectivity index is 0.0000000917. The lowest BCUT2D eigenvalue weighted by Gasteiger charge is -2.26. The minimum absolute atomic E-state index is 0.286. The molecule has 0 saturated carbocycles. The van der Waals surface area contributed by atoms with Gasteiger partial charge in [-0.3, -0.25) is 25.0 Å². The average Bonchev–Trinajstić information content (AvgIpc) is 1.19. The van der Waals surface area contributed by atoms with Gasteiger partial charge in [0, 0.05) is 129 Å². The highest BCUT2D eigenvalue weighted by Gasteiger charge is 2.29. The molecule has 10 aromatic heterocycles. The molecule has 20 aromatic rings. The van der Waals surface area contributed by atoms with E-state index in [2.05, 4.69) is 136 Å². The Morgan fingerprint density at radius 1 is 0.271 bits per heavy atom. The number of nitrogens with one attached hydrogen (secondary N) is 5. The Morgan fingerprint density at radius 2 is 0.585 bits per heavy atom. The number of phenols is 5. The van der Waals surface area contributed by atoms with Gasteiger partial charge in [0.25, 0.3) is 0 Å². The SMILES string of the molecule is CC1CCc2c(c(-c3ccc(O)cc3)[nH]c3ccc4nccc4c23)C1.Oc1ccc(-c2[nH]c3ccc4nccc4c3c3c2CC3)cc1.Oc1ccc(-c2[nH]c3ccc4nccc4c3c3c2CCC3)cc1.Oc1ccc(-c2[nH]c3ccc4nccc4c3c3c2CCCC3)cc1.Oc1ccc(-c2nc3ccc4[nH]ncc4c3c3c2CCCC3)cc1. The van der Waals surface area contributed by atoms with Crippen molar-refractivity contribution in [3.8, 4) is 85.0 Å². The smallest absolute Gasteiger partial charge is 0.115 e. The van der Waals surface area contributed by atoms with Crippen LogP contribution in [-0.4, -0.2) is 80.6 Å². The molecule has 16 nitrogen and oxygen atoms in total. The number of H-pyrrole nitrogens is 5. The van der Waals surface area contributed by atoms with E-state index >= 15 is 0 Å². The largest absolute Gasteiger partial charge is 0.508 e. The Morgan fingerprint density at radius 3 is 0.992 bits per heavy atom. The van der Waals surface area contributed by atoms with Gasteiger partial charge in [0.2, 0.25) is 0 Å². The van der Waals surface area contributed by atoms with Crippen molar-refractivity contribution >= 4 is 109 Å². The quantitative estimate of drug-likeness (QED) is 0.0775. The molecule has 25 rings (SSSR count). The summed E-state index contributed by atoms with van der Waals surface area (Å²) >= 11 is 0. The van der Waals surface area contributed by atoms with E-state index < -0.39 is 0 Å². The number of aromatic amines is 5. The predicted octanol–water partition coefficient (Wildman–Crippen LogP) is 23.3. The number of aromatic nitrogens is 11. The highest BCUT2D eigenvalue weighted by molar-refractivity contribution is 6.13. The van der Waals surface area contributed by atoms with Crippen LogP contribution < -0.4 is 0 Å². The molecule has 1 unspecified atom stereocenters. The summed E-state index contributed by atoms with van der Waals surface area (Å²) in [5, 5.41) is 67.8. The van der Waals surface area contributed by atoms with Crippen LogP contribution in [0.4, 0.5) is 0 Å². The first-order valence-electron chi connectivity index (χ1n) is 41.3. The van der Waals surface area contributed by atoms with E-state index in [9.17, 15) is 25.5 Å². The number of aromatic hydroxyl groups is 5. The molecule has 0 bridgehead atoms. The van der Waals surface area contributed by atoms with E-state index in [1.807, 2.05) is 97.7 Å². The number of aryl methyl sites for hydroxylation is 5. The Labute approximate surface area is 679 Å². The molecule has 1 atom stereocenters. The zero-order valence-electron chi connectivity index (χ0n) is 65.3. The maximum absolute atomic E-state index is 9.63. The van der Waals surface area contributed by atoms with E-state index in [0.29, 0.717) is 28.9 Å². The van der Waals surface area contributed by atoms with Crippen LogP contribution in [0.3, 0.4) is 0 Å². The first-order valence-corrected chi connectivity index (χ1v) is 41.3. The third-order valence-corrected chi connectivity index (χ3v) is 25.3. The molecule has 0 spiro atoms. The summed E-state index contributed by atoms with van der Waals surface area (Å²) in [5.41, 5.74) is 36.6. The molecule has 0 aliphatic heterocycles. The molecule has 0 saturated heterocycles. The van der Waals surface area contributed by atoms with Gasteiger partial charge >= 0.3 is 0 Å². The topological polar surface area (TPSA) is 257 Å². The number of benzene rings is 10. The van der Waals surface area contributed by atoms with Crippen molar-refractivity contribution in [1.29, 1.82) is 0 Å². The minimum Gasteiger partial charge on any atom is -0.508 e. The molecule has 118 heavy (non-hydrogen) atoms. The molecule has 0 radical (unpaired) electrons. The van der Waals surface area contributed by atoms with Crippen LogP contribution in [0.5, 0.6) is 28.7 Å². The van der Waals surface area contributed by atoms with Crippen LogP contribution in [0.25, 0.3) is 165 Å². The van der Waals surface area contributed by atoms with Gasteiger partial charge in [-0.05, 0) is 393 Å². The van der Waals surface area contributed by atoms with Crippen molar-refractivity contribution in [3.05, 3.63) is 293 Å². The van der Waals surface area contributed by atoms with Crippen molar-refractivity contribution in [2.45, 2.75) is 110 Å². The molecule has 16 heteroatoms. The van der Waals surface area contributed by atoms with Gasteiger partial charge in [0.15, 0.2) is 0 Å². The second kappa shape index (κ2) is 29.6. The number of pyridine rings is 5. The average molecular weight is 1540 g/mol. The Kier molecular flexibility index (Phi) is 18.0. The number of hydrogen-bond acceptors (Lipinski definition) is 11. The molecular weight excluding hydrogens is 1460 g/mol. The Bertz CT molecular complexity index is 7150. The minimum atomic E-state index is 0.286. The fraction of sp³-hybridized carbons (Fsp3) is 0.176. The monoisotopic (exact) mass is 1540 g/mol. The van der Waals surface area contributed by atoms with Crippen LogP contribution in [0.1, 0.15) is 101 Å². The number of rotatable bonds is 5. The maximum atomic E-state index is 9.63. The Hall–Kier alpha value is -14.1. The summed E-state index contributed by atoms with van der Waals surface area (Å²) in [6, 6.07) is 66.7. The molecule has 0 fully saturated rings. The van der Waals surface area contributed by atoms with Crippen LogP contribution in [0.15, 0.2) is 237 Å². The first-order chi connectivity index (χ1) is 57.9. The number of phenolic OH excluding ortho intramolecular Hbond substituents is 5. The summed E-state index contributed by atoms with van der Waals surface area (Å²) in [7, 11) is 0. The van der Waals surface area contributed by atoms with E-state index in [-0.39, 0.29) is 5.75 Å². The van der Waals surface area contributed by atoms with Gasteiger partial charge in [0.1, 0.15) is 28.7 Å². The van der Waals surface area contributed by atoms with Gasteiger partial charge in [-0.1, -0.05) is 6.92 Å². The molecule has 5 aliphatic rings. The van der Waals surface area contributed by atoms with E-state index in [4.69, 9.17) is 4.98 Å².